The van der Waals surface area contributed by atoms with Crippen molar-refractivity contribution in [3.8, 4) is 0 Å². The van der Waals surface area contributed by atoms with Crippen LogP contribution in [0.2, 0.25) is 10.0 Å². The molecule has 0 aliphatic carbocycles. The van der Waals surface area contributed by atoms with Crippen molar-refractivity contribution in [3.63, 3.8) is 0 Å². The summed E-state index contributed by atoms with van der Waals surface area (Å²) in [6.07, 6.45) is 4.54. The summed E-state index contributed by atoms with van der Waals surface area (Å²) in [5.41, 5.74) is 0.962. The van der Waals surface area contributed by atoms with E-state index in [9.17, 15) is 4.79 Å². The van der Waals surface area contributed by atoms with E-state index >= 15 is 0 Å². The highest BCUT2D eigenvalue weighted by molar-refractivity contribution is 6.42. The van der Waals surface area contributed by atoms with Crippen LogP contribution in [0.1, 0.15) is 18.9 Å². The Labute approximate surface area is 116 Å². The second-order valence-corrected chi connectivity index (χ2v) is 4.96. The molecular weight excluding hydrogens is 271 g/mol. The van der Waals surface area contributed by atoms with Gasteiger partial charge in [-0.25, -0.2) is 4.79 Å². The maximum absolute atomic E-state index is 12.0. The number of hydrogen-bond acceptors (Lipinski definition) is 1. The summed E-state index contributed by atoms with van der Waals surface area (Å²) in [7, 11) is 0. The molecule has 0 saturated carbocycles. The lowest BCUT2D eigenvalue weighted by Crippen LogP contribution is -2.24. The van der Waals surface area contributed by atoms with Gasteiger partial charge in [0, 0.05) is 18.9 Å². The molecule has 0 radical (unpaired) electrons. The van der Waals surface area contributed by atoms with E-state index in [2.05, 4.69) is 0 Å². The first kappa shape index (κ1) is 13.2. The molecule has 1 aromatic heterocycles. The predicted octanol–water partition coefficient (Wildman–Crippen LogP) is 3.41. The van der Waals surface area contributed by atoms with Gasteiger partial charge in [-0.1, -0.05) is 36.2 Å². The quantitative estimate of drug-likeness (QED) is 0.845. The van der Waals surface area contributed by atoms with Crippen molar-refractivity contribution in [2.45, 2.75) is 26.4 Å². The van der Waals surface area contributed by atoms with Crippen molar-refractivity contribution in [1.29, 1.82) is 0 Å². The van der Waals surface area contributed by atoms with Crippen molar-refractivity contribution in [2.24, 2.45) is 0 Å². The normalized spacial score (nSPS) is 10.8. The minimum absolute atomic E-state index is 0.00271. The zero-order valence-electron chi connectivity index (χ0n) is 10.1. The summed E-state index contributed by atoms with van der Waals surface area (Å²) >= 11 is 11.8. The molecule has 0 saturated heterocycles. The molecule has 0 unspecified atom stereocenters. The number of benzene rings is 1. The fourth-order valence-electron chi connectivity index (χ4n) is 1.82. The number of aromatic nitrogens is 2. The van der Waals surface area contributed by atoms with Gasteiger partial charge in [0.05, 0.1) is 16.6 Å². The molecule has 2 aromatic rings. The van der Waals surface area contributed by atoms with E-state index < -0.39 is 0 Å². The third kappa shape index (κ3) is 2.79. The van der Waals surface area contributed by atoms with Crippen LogP contribution in [0.25, 0.3) is 0 Å². The van der Waals surface area contributed by atoms with Crippen molar-refractivity contribution < 1.29 is 0 Å². The van der Waals surface area contributed by atoms with Crippen LogP contribution in [-0.2, 0) is 13.1 Å². The maximum atomic E-state index is 12.0. The van der Waals surface area contributed by atoms with Gasteiger partial charge in [0.15, 0.2) is 0 Å². The summed E-state index contributed by atoms with van der Waals surface area (Å²) < 4.78 is 3.37. The molecular formula is C13H14Cl2N2O. The number of aryl methyl sites for hydroxylation is 1. The van der Waals surface area contributed by atoms with Crippen LogP contribution in [0.3, 0.4) is 0 Å². The highest BCUT2D eigenvalue weighted by Crippen LogP contribution is 2.22. The maximum Gasteiger partial charge on any atom is 0.328 e. The molecule has 96 valence electrons. The molecule has 3 nitrogen and oxygen atoms in total. The molecule has 0 fully saturated rings. The Hall–Kier alpha value is -1.19. The van der Waals surface area contributed by atoms with Gasteiger partial charge in [-0.05, 0) is 24.1 Å². The summed E-state index contributed by atoms with van der Waals surface area (Å²) in [5.74, 6) is 0. The van der Waals surface area contributed by atoms with E-state index in [1.165, 1.54) is 0 Å². The number of rotatable bonds is 4. The standard InChI is InChI=1S/C13H14Cl2N2O/c1-2-5-16-6-7-17(13(16)18)9-10-3-4-11(14)12(15)8-10/h3-4,6-8H,2,5,9H2,1H3. The fraction of sp³-hybridized carbons (Fsp3) is 0.308. The zero-order chi connectivity index (χ0) is 13.1. The second kappa shape index (κ2) is 5.63. The molecule has 1 aromatic carbocycles. The van der Waals surface area contributed by atoms with Crippen molar-refractivity contribution in [2.75, 3.05) is 0 Å². The van der Waals surface area contributed by atoms with Crippen LogP contribution in [0, 0.1) is 0 Å². The monoisotopic (exact) mass is 284 g/mol. The van der Waals surface area contributed by atoms with E-state index in [4.69, 9.17) is 23.2 Å². The van der Waals surface area contributed by atoms with Crippen LogP contribution in [0.4, 0.5) is 0 Å². The summed E-state index contributed by atoms with van der Waals surface area (Å²) in [6, 6.07) is 5.40. The van der Waals surface area contributed by atoms with E-state index in [0.29, 0.717) is 16.6 Å². The van der Waals surface area contributed by atoms with Crippen LogP contribution in [0.5, 0.6) is 0 Å². The Morgan fingerprint density at radius 2 is 1.83 bits per heavy atom. The first-order valence-electron chi connectivity index (χ1n) is 5.81. The van der Waals surface area contributed by atoms with Gasteiger partial charge in [-0.15, -0.1) is 0 Å². The molecule has 0 bridgehead atoms. The number of nitrogens with zero attached hydrogens (tertiary/aromatic N) is 2. The Balaban J connectivity index is 2.23. The minimum atomic E-state index is 0.00271. The first-order valence-corrected chi connectivity index (χ1v) is 6.57. The summed E-state index contributed by atoms with van der Waals surface area (Å²) in [6.45, 7) is 3.29. The average Bonchev–Trinajstić information content (AvgIpc) is 2.67. The summed E-state index contributed by atoms with van der Waals surface area (Å²) in [5, 5.41) is 1.03. The number of imidazole rings is 1. The lowest BCUT2D eigenvalue weighted by atomic mass is 10.2. The summed E-state index contributed by atoms with van der Waals surface area (Å²) in [4.78, 5) is 12.0. The molecule has 0 aliphatic heterocycles. The Morgan fingerprint density at radius 3 is 2.50 bits per heavy atom. The largest absolute Gasteiger partial charge is 0.328 e. The van der Waals surface area contributed by atoms with Crippen molar-refractivity contribution >= 4 is 23.2 Å². The van der Waals surface area contributed by atoms with Crippen molar-refractivity contribution in [3.05, 3.63) is 56.7 Å². The van der Waals surface area contributed by atoms with E-state index in [0.717, 1.165) is 18.5 Å². The van der Waals surface area contributed by atoms with Gasteiger partial charge in [-0.2, -0.15) is 0 Å². The lowest BCUT2D eigenvalue weighted by Gasteiger charge is -2.04. The third-order valence-corrected chi connectivity index (χ3v) is 3.46. The Morgan fingerprint density at radius 1 is 1.11 bits per heavy atom. The van der Waals surface area contributed by atoms with E-state index in [1.807, 2.05) is 19.2 Å². The first-order chi connectivity index (χ1) is 8.61. The second-order valence-electron chi connectivity index (χ2n) is 4.15. The topological polar surface area (TPSA) is 26.9 Å². The zero-order valence-corrected chi connectivity index (χ0v) is 11.6. The van der Waals surface area contributed by atoms with Gasteiger partial charge in [0.2, 0.25) is 0 Å². The third-order valence-electron chi connectivity index (χ3n) is 2.72. The smallest absolute Gasteiger partial charge is 0.299 e. The minimum Gasteiger partial charge on any atom is -0.299 e. The Bertz CT molecular complexity index is 601. The Kier molecular flexibility index (Phi) is 4.15. The van der Waals surface area contributed by atoms with Gasteiger partial charge in [0.25, 0.3) is 0 Å². The predicted molar refractivity (Wildman–Crippen MR) is 74.5 cm³/mol. The van der Waals surface area contributed by atoms with Gasteiger partial charge in [-0.3, -0.25) is 9.13 Å². The molecule has 0 spiro atoms. The van der Waals surface area contributed by atoms with Gasteiger partial charge >= 0.3 is 5.69 Å². The van der Waals surface area contributed by atoms with Crippen LogP contribution >= 0.6 is 23.2 Å². The van der Waals surface area contributed by atoms with Crippen LogP contribution in [0.15, 0.2) is 35.4 Å². The average molecular weight is 285 g/mol. The molecule has 0 amide bonds. The molecule has 1 heterocycles. The van der Waals surface area contributed by atoms with Crippen molar-refractivity contribution in [1.82, 2.24) is 9.13 Å². The molecule has 18 heavy (non-hydrogen) atoms. The van der Waals surface area contributed by atoms with Gasteiger partial charge in [0.1, 0.15) is 0 Å². The highest BCUT2D eigenvalue weighted by atomic mass is 35.5. The lowest BCUT2D eigenvalue weighted by molar-refractivity contribution is 0.624. The molecule has 0 aliphatic rings. The number of hydrogen-bond donors (Lipinski definition) is 0. The fourth-order valence-corrected chi connectivity index (χ4v) is 2.14. The molecule has 5 heteroatoms. The number of halogens is 2. The van der Waals surface area contributed by atoms with Crippen LogP contribution < -0.4 is 5.69 Å². The van der Waals surface area contributed by atoms with Crippen LogP contribution in [-0.4, -0.2) is 9.13 Å². The molecule has 0 atom stereocenters. The molecule has 2 rings (SSSR count). The highest BCUT2D eigenvalue weighted by Gasteiger charge is 2.05. The van der Waals surface area contributed by atoms with E-state index in [1.54, 1.807) is 27.5 Å². The van der Waals surface area contributed by atoms with E-state index in [-0.39, 0.29) is 5.69 Å². The SMILES string of the molecule is CCCn1ccn(Cc2ccc(Cl)c(Cl)c2)c1=O. The van der Waals surface area contributed by atoms with Gasteiger partial charge < -0.3 is 0 Å². The molecule has 0 N–H and O–H groups in total.